The monoisotopic (exact) mass is 478 g/mol. The van der Waals surface area contributed by atoms with Gasteiger partial charge in [0.25, 0.3) is 10.0 Å². The molecule has 0 unspecified atom stereocenters. The summed E-state index contributed by atoms with van der Waals surface area (Å²) in [6.45, 7) is 3.69. The van der Waals surface area contributed by atoms with E-state index in [1.54, 1.807) is 19.2 Å². The second-order valence-electron chi connectivity index (χ2n) is 7.75. The Hall–Kier alpha value is -3.38. The SMILES string of the molecule is Cc1ccc(C#Cc2ccc(S(=O)(=O)N[C@H](C(=O)O)[C@H](C)c3c[nH]c4ccccc34)s2)cc1. The number of hydrogen-bond acceptors (Lipinski definition) is 4. The van der Waals surface area contributed by atoms with Crippen LogP contribution in [0.3, 0.4) is 0 Å². The van der Waals surface area contributed by atoms with Gasteiger partial charge in [0.2, 0.25) is 0 Å². The molecular formula is C25H22N2O4S2. The molecule has 4 rings (SSSR count). The van der Waals surface area contributed by atoms with Crippen LogP contribution in [-0.2, 0) is 14.8 Å². The molecule has 0 spiro atoms. The van der Waals surface area contributed by atoms with Gasteiger partial charge in [-0.25, -0.2) is 8.42 Å². The summed E-state index contributed by atoms with van der Waals surface area (Å²) >= 11 is 1.00. The minimum atomic E-state index is -4.05. The van der Waals surface area contributed by atoms with Crippen LogP contribution in [0.5, 0.6) is 0 Å². The number of rotatable bonds is 6. The molecule has 2 heterocycles. The van der Waals surface area contributed by atoms with Crippen molar-refractivity contribution in [1.29, 1.82) is 0 Å². The van der Waals surface area contributed by atoms with Gasteiger partial charge in [0, 0.05) is 28.6 Å². The molecule has 0 amide bonds. The average molecular weight is 479 g/mol. The summed E-state index contributed by atoms with van der Waals surface area (Å²) in [6, 6.07) is 17.0. The number of aryl methyl sites for hydroxylation is 1. The van der Waals surface area contributed by atoms with Gasteiger partial charge in [0.15, 0.2) is 0 Å². The number of carboxylic acids is 1. The van der Waals surface area contributed by atoms with E-state index in [-0.39, 0.29) is 4.21 Å². The van der Waals surface area contributed by atoms with Crippen molar-refractivity contribution in [3.05, 3.63) is 88.4 Å². The van der Waals surface area contributed by atoms with Crippen LogP contribution in [0.4, 0.5) is 0 Å². The molecule has 8 heteroatoms. The lowest BCUT2D eigenvalue weighted by Gasteiger charge is -2.21. The first-order valence-corrected chi connectivity index (χ1v) is 12.5. The Morgan fingerprint density at radius 3 is 2.52 bits per heavy atom. The molecular weight excluding hydrogens is 456 g/mol. The number of hydrogen-bond donors (Lipinski definition) is 3. The minimum absolute atomic E-state index is 0.0214. The number of carbonyl (C=O) groups is 1. The third-order valence-electron chi connectivity index (χ3n) is 5.39. The van der Waals surface area contributed by atoms with Crippen molar-refractivity contribution < 1.29 is 18.3 Å². The average Bonchev–Trinajstić information content (AvgIpc) is 3.44. The number of benzene rings is 2. The molecule has 3 N–H and O–H groups in total. The molecule has 2 aromatic heterocycles. The van der Waals surface area contributed by atoms with E-state index in [4.69, 9.17) is 0 Å². The number of aromatic amines is 1. The highest BCUT2D eigenvalue weighted by Gasteiger charge is 2.33. The Morgan fingerprint density at radius 1 is 1.06 bits per heavy atom. The van der Waals surface area contributed by atoms with Crippen molar-refractivity contribution in [2.45, 2.75) is 30.0 Å². The van der Waals surface area contributed by atoms with Gasteiger partial charge < -0.3 is 10.1 Å². The number of H-pyrrole nitrogens is 1. The van der Waals surface area contributed by atoms with Crippen molar-refractivity contribution in [2.75, 3.05) is 0 Å². The zero-order valence-corrected chi connectivity index (χ0v) is 19.6. The molecule has 0 bridgehead atoms. The summed E-state index contributed by atoms with van der Waals surface area (Å²) in [6.07, 6.45) is 1.73. The predicted molar refractivity (Wildman–Crippen MR) is 130 cm³/mol. The molecule has 168 valence electrons. The molecule has 0 aliphatic carbocycles. The third kappa shape index (κ3) is 5.01. The van der Waals surface area contributed by atoms with E-state index in [1.807, 2.05) is 55.5 Å². The van der Waals surface area contributed by atoms with Crippen LogP contribution in [0, 0.1) is 18.8 Å². The number of aliphatic carboxylic acids is 1. The first-order chi connectivity index (χ1) is 15.7. The molecule has 0 aliphatic heterocycles. The summed E-state index contributed by atoms with van der Waals surface area (Å²) in [5.74, 6) is 4.14. The van der Waals surface area contributed by atoms with Gasteiger partial charge in [0.1, 0.15) is 10.3 Å². The third-order valence-corrected chi connectivity index (χ3v) is 8.32. The maximum absolute atomic E-state index is 13.0. The van der Waals surface area contributed by atoms with Gasteiger partial charge in [-0.3, -0.25) is 4.79 Å². The van der Waals surface area contributed by atoms with Crippen LogP contribution < -0.4 is 4.72 Å². The quantitative estimate of drug-likeness (QED) is 0.356. The number of nitrogens with one attached hydrogen (secondary N) is 2. The summed E-state index contributed by atoms with van der Waals surface area (Å²) in [4.78, 5) is 15.7. The largest absolute Gasteiger partial charge is 0.480 e. The maximum Gasteiger partial charge on any atom is 0.322 e. The summed E-state index contributed by atoms with van der Waals surface area (Å²) < 4.78 is 28.4. The van der Waals surface area contributed by atoms with E-state index in [0.717, 1.165) is 38.9 Å². The Balaban J connectivity index is 1.56. The van der Waals surface area contributed by atoms with E-state index in [9.17, 15) is 18.3 Å². The molecule has 4 aromatic rings. The van der Waals surface area contributed by atoms with Crippen molar-refractivity contribution in [2.24, 2.45) is 0 Å². The highest BCUT2D eigenvalue weighted by Crippen LogP contribution is 2.29. The molecule has 0 saturated heterocycles. The Labute approximate surface area is 196 Å². The molecule has 0 saturated carbocycles. The predicted octanol–water partition coefficient (Wildman–Crippen LogP) is 4.47. The number of thiophene rings is 1. The van der Waals surface area contributed by atoms with Gasteiger partial charge in [0.05, 0.1) is 4.88 Å². The second-order valence-corrected chi connectivity index (χ2v) is 10.8. The van der Waals surface area contributed by atoms with Crippen LogP contribution in [0.2, 0.25) is 0 Å². The molecule has 2 atom stereocenters. The van der Waals surface area contributed by atoms with E-state index in [1.165, 1.54) is 6.07 Å². The number of carboxylic acid groups (broad SMARTS) is 1. The minimum Gasteiger partial charge on any atom is -0.480 e. The van der Waals surface area contributed by atoms with Gasteiger partial charge >= 0.3 is 5.97 Å². The fraction of sp³-hybridized carbons (Fsp3) is 0.160. The van der Waals surface area contributed by atoms with Crippen molar-refractivity contribution in [1.82, 2.24) is 9.71 Å². The standard InChI is InChI=1S/C25H22N2O4S2/c1-16-7-9-18(10-8-16)11-12-19-13-14-23(32-19)33(30,31)27-24(25(28)29)17(2)21-15-26-22-6-4-3-5-20(21)22/h3-10,13-15,17,24,26-27H,1-2H3,(H,28,29)/t17-,24+/m1/s1. The molecule has 0 radical (unpaired) electrons. The fourth-order valence-corrected chi connectivity index (χ4v) is 5.99. The zero-order chi connectivity index (χ0) is 23.6. The van der Waals surface area contributed by atoms with Gasteiger partial charge in [-0.1, -0.05) is 54.7 Å². The lowest BCUT2D eigenvalue weighted by molar-refractivity contribution is -0.139. The Bertz CT molecular complexity index is 1470. The van der Waals surface area contributed by atoms with E-state index < -0.39 is 28.0 Å². The van der Waals surface area contributed by atoms with E-state index in [0.29, 0.717) is 4.88 Å². The normalized spacial score (nSPS) is 13.3. The highest BCUT2D eigenvalue weighted by molar-refractivity contribution is 7.91. The first kappa shape index (κ1) is 22.8. The number of aromatic nitrogens is 1. The second kappa shape index (κ2) is 9.24. The number of fused-ring (bicyclic) bond motifs is 1. The smallest absolute Gasteiger partial charge is 0.322 e. The van der Waals surface area contributed by atoms with Gasteiger partial charge in [-0.15, -0.1) is 11.3 Å². The fourth-order valence-electron chi connectivity index (χ4n) is 3.54. The van der Waals surface area contributed by atoms with E-state index >= 15 is 0 Å². The summed E-state index contributed by atoms with van der Waals surface area (Å²) in [5.41, 5.74) is 3.55. The van der Waals surface area contributed by atoms with Crippen LogP contribution in [0.15, 0.2) is 71.1 Å². The molecule has 0 fully saturated rings. The van der Waals surface area contributed by atoms with Crippen LogP contribution in [-0.4, -0.2) is 30.5 Å². The highest BCUT2D eigenvalue weighted by atomic mass is 32.2. The number of sulfonamides is 1. The maximum atomic E-state index is 13.0. The van der Waals surface area contributed by atoms with Crippen LogP contribution in [0.1, 0.15) is 34.4 Å². The van der Waals surface area contributed by atoms with Crippen LogP contribution >= 0.6 is 11.3 Å². The summed E-state index contributed by atoms with van der Waals surface area (Å²) in [7, 11) is -4.05. The van der Waals surface area contributed by atoms with Crippen molar-refractivity contribution in [3.63, 3.8) is 0 Å². The Morgan fingerprint density at radius 2 is 1.79 bits per heavy atom. The van der Waals surface area contributed by atoms with Crippen molar-refractivity contribution >= 4 is 38.2 Å². The Kier molecular flexibility index (Phi) is 6.38. The molecule has 0 aliphatic rings. The zero-order valence-electron chi connectivity index (χ0n) is 18.0. The first-order valence-electron chi connectivity index (χ1n) is 10.2. The lowest BCUT2D eigenvalue weighted by atomic mass is 9.93. The molecule has 6 nitrogen and oxygen atoms in total. The summed E-state index contributed by atoms with van der Waals surface area (Å²) in [5, 5.41) is 10.7. The van der Waals surface area contributed by atoms with Crippen molar-refractivity contribution in [3.8, 4) is 11.8 Å². The molecule has 33 heavy (non-hydrogen) atoms. The molecule has 2 aromatic carbocycles. The lowest BCUT2D eigenvalue weighted by Crippen LogP contribution is -2.43. The topological polar surface area (TPSA) is 99.3 Å². The van der Waals surface area contributed by atoms with Gasteiger partial charge in [-0.2, -0.15) is 4.72 Å². The van der Waals surface area contributed by atoms with Crippen LogP contribution in [0.25, 0.3) is 10.9 Å². The number of para-hydroxylation sites is 1. The van der Waals surface area contributed by atoms with E-state index in [2.05, 4.69) is 21.5 Å². The van der Waals surface area contributed by atoms with Gasteiger partial charge in [-0.05, 0) is 42.8 Å².